The van der Waals surface area contributed by atoms with Crippen molar-refractivity contribution in [3.63, 3.8) is 0 Å². The molecule has 80 valence electrons. The van der Waals surface area contributed by atoms with Gasteiger partial charge in [-0.3, -0.25) is 4.79 Å². The first kappa shape index (κ1) is 10.5. The van der Waals surface area contributed by atoms with E-state index in [1.165, 1.54) is 0 Å². The molecule has 0 radical (unpaired) electrons. The molecule has 0 fully saturated rings. The van der Waals surface area contributed by atoms with Gasteiger partial charge in [0.15, 0.2) is 0 Å². The number of para-hydroxylation sites is 1. The molecule has 1 amide bonds. The molecule has 1 aliphatic heterocycles. The molecule has 1 aromatic rings. The summed E-state index contributed by atoms with van der Waals surface area (Å²) in [7, 11) is 1.81. The molecule has 0 saturated heterocycles. The van der Waals surface area contributed by atoms with Gasteiger partial charge in [-0.2, -0.15) is 0 Å². The lowest BCUT2D eigenvalue weighted by Crippen LogP contribution is -2.27. The van der Waals surface area contributed by atoms with E-state index in [1.807, 2.05) is 32.2 Å². The van der Waals surface area contributed by atoms with E-state index in [0.717, 1.165) is 15.8 Å². The quantitative estimate of drug-likeness (QED) is 0.785. The Hall–Kier alpha value is -1.03. The van der Waals surface area contributed by atoms with E-state index in [2.05, 4.69) is 21.2 Å². The summed E-state index contributed by atoms with van der Waals surface area (Å²) in [6, 6.07) is 6.02. The number of halogens is 1. The molecule has 3 nitrogen and oxygen atoms in total. The minimum atomic E-state index is 0.145. The van der Waals surface area contributed by atoms with Gasteiger partial charge in [0.1, 0.15) is 0 Å². The van der Waals surface area contributed by atoms with E-state index in [1.54, 1.807) is 4.90 Å². The summed E-state index contributed by atoms with van der Waals surface area (Å²) < 4.78 is 0.994. The average molecular weight is 269 g/mol. The molecule has 0 aliphatic carbocycles. The van der Waals surface area contributed by atoms with Crippen LogP contribution in [0.15, 0.2) is 22.7 Å². The number of nitrogens with zero attached hydrogens (tertiary/aromatic N) is 1. The van der Waals surface area contributed by atoms with Crippen molar-refractivity contribution < 1.29 is 4.79 Å². The van der Waals surface area contributed by atoms with Crippen molar-refractivity contribution in [1.82, 2.24) is 0 Å². The second-order valence-corrected chi connectivity index (χ2v) is 4.69. The number of fused-ring (bicyclic) bond motifs is 1. The first-order valence-electron chi connectivity index (χ1n) is 4.91. The smallest absolute Gasteiger partial charge is 0.228 e. The maximum Gasteiger partial charge on any atom is 0.228 e. The average Bonchev–Trinajstić information content (AvgIpc) is 2.29. The summed E-state index contributed by atoms with van der Waals surface area (Å²) in [5.41, 5.74) is 1.93. The minimum absolute atomic E-state index is 0.145. The van der Waals surface area contributed by atoms with Gasteiger partial charge in [-0.1, -0.05) is 6.07 Å². The minimum Gasteiger partial charge on any atom is -0.379 e. The molecular formula is C11H13BrN2O. The van der Waals surface area contributed by atoms with Crippen LogP contribution in [0.4, 0.5) is 11.4 Å². The largest absolute Gasteiger partial charge is 0.379 e. The number of benzene rings is 1. The second kappa shape index (κ2) is 3.85. The lowest BCUT2D eigenvalue weighted by atomic mass is 10.2. The highest BCUT2D eigenvalue weighted by Crippen LogP contribution is 2.35. The van der Waals surface area contributed by atoms with Crippen LogP contribution in [0.1, 0.15) is 13.3 Å². The van der Waals surface area contributed by atoms with Crippen LogP contribution in [0.2, 0.25) is 0 Å². The topological polar surface area (TPSA) is 32.3 Å². The van der Waals surface area contributed by atoms with Crippen molar-refractivity contribution in [2.45, 2.75) is 19.4 Å². The van der Waals surface area contributed by atoms with Gasteiger partial charge in [-0.25, -0.2) is 0 Å². The molecule has 15 heavy (non-hydrogen) atoms. The van der Waals surface area contributed by atoms with E-state index in [9.17, 15) is 4.79 Å². The lowest BCUT2D eigenvalue weighted by molar-refractivity contribution is -0.118. The molecule has 0 saturated carbocycles. The zero-order chi connectivity index (χ0) is 11.0. The van der Waals surface area contributed by atoms with Crippen LogP contribution in [0.5, 0.6) is 0 Å². The number of hydrogen-bond donors (Lipinski definition) is 1. The Morgan fingerprint density at radius 1 is 1.53 bits per heavy atom. The Morgan fingerprint density at radius 2 is 2.27 bits per heavy atom. The molecule has 1 N–H and O–H groups in total. The van der Waals surface area contributed by atoms with Crippen molar-refractivity contribution in [3.05, 3.63) is 22.7 Å². The normalized spacial score (nSPS) is 20.6. The standard InChI is InChI=1S/C11H13BrN2O/c1-7-6-10(15)14(2)9-5-3-4-8(12)11(9)13-7/h3-5,7,13H,6H2,1-2H3. The molecule has 1 unspecified atom stereocenters. The van der Waals surface area contributed by atoms with Crippen LogP contribution in [-0.2, 0) is 4.79 Å². The number of carbonyl (C=O) groups is 1. The number of hydrogen-bond acceptors (Lipinski definition) is 2. The number of rotatable bonds is 0. The fraction of sp³-hybridized carbons (Fsp3) is 0.364. The van der Waals surface area contributed by atoms with E-state index in [0.29, 0.717) is 6.42 Å². The van der Waals surface area contributed by atoms with Gasteiger partial charge >= 0.3 is 0 Å². The van der Waals surface area contributed by atoms with Crippen molar-refractivity contribution in [2.75, 3.05) is 17.3 Å². The third-order valence-corrected chi connectivity index (χ3v) is 3.26. The highest BCUT2D eigenvalue weighted by atomic mass is 79.9. The maximum absolute atomic E-state index is 11.8. The van der Waals surface area contributed by atoms with E-state index in [4.69, 9.17) is 0 Å². The molecular weight excluding hydrogens is 256 g/mol. The molecule has 0 aromatic heterocycles. The lowest BCUT2D eigenvalue weighted by Gasteiger charge is -2.17. The summed E-state index contributed by atoms with van der Waals surface area (Å²) >= 11 is 3.49. The Kier molecular flexibility index (Phi) is 2.69. The number of nitrogens with one attached hydrogen (secondary N) is 1. The van der Waals surface area contributed by atoms with Gasteiger partial charge in [-0.15, -0.1) is 0 Å². The van der Waals surface area contributed by atoms with Crippen molar-refractivity contribution in [2.24, 2.45) is 0 Å². The summed E-state index contributed by atoms with van der Waals surface area (Å²) in [6.45, 7) is 2.01. The monoisotopic (exact) mass is 268 g/mol. The zero-order valence-corrected chi connectivity index (χ0v) is 10.3. The summed E-state index contributed by atoms with van der Waals surface area (Å²) in [5.74, 6) is 0.145. The molecule has 4 heteroatoms. The Balaban J connectivity index is 2.54. The van der Waals surface area contributed by atoms with Gasteiger partial charge in [0.2, 0.25) is 5.91 Å². The van der Waals surface area contributed by atoms with Crippen LogP contribution in [0, 0.1) is 0 Å². The van der Waals surface area contributed by atoms with Gasteiger partial charge in [0.25, 0.3) is 0 Å². The van der Waals surface area contributed by atoms with Gasteiger partial charge < -0.3 is 10.2 Å². The van der Waals surface area contributed by atoms with Crippen molar-refractivity contribution >= 4 is 33.2 Å². The number of anilines is 2. The molecule has 1 heterocycles. The molecule has 1 aromatic carbocycles. The van der Waals surface area contributed by atoms with Gasteiger partial charge in [0.05, 0.1) is 11.4 Å². The molecule has 0 spiro atoms. The SMILES string of the molecule is CC1CC(=O)N(C)c2cccc(Br)c2N1. The third kappa shape index (κ3) is 1.86. The van der Waals surface area contributed by atoms with Crippen LogP contribution in [-0.4, -0.2) is 19.0 Å². The zero-order valence-electron chi connectivity index (χ0n) is 8.75. The predicted octanol–water partition coefficient (Wildman–Crippen LogP) is 2.62. The Bertz CT molecular complexity index is 406. The second-order valence-electron chi connectivity index (χ2n) is 3.84. The summed E-state index contributed by atoms with van der Waals surface area (Å²) in [6.07, 6.45) is 0.525. The summed E-state index contributed by atoms with van der Waals surface area (Å²) in [5, 5.41) is 3.34. The van der Waals surface area contributed by atoms with Crippen molar-refractivity contribution in [3.8, 4) is 0 Å². The predicted molar refractivity (Wildman–Crippen MR) is 65.3 cm³/mol. The van der Waals surface area contributed by atoms with Crippen molar-refractivity contribution in [1.29, 1.82) is 0 Å². The molecule has 1 aliphatic rings. The van der Waals surface area contributed by atoms with Crippen LogP contribution in [0.3, 0.4) is 0 Å². The number of carbonyl (C=O) groups excluding carboxylic acids is 1. The van der Waals surface area contributed by atoms with Crippen LogP contribution < -0.4 is 10.2 Å². The highest BCUT2D eigenvalue weighted by molar-refractivity contribution is 9.10. The van der Waals surface area contributed by atoms with E-state index >= 15 is 0 Å². The van der Waals surface area contributed by atoms with E-state index < -0.39 is 0 Å². The van der Waals surface area contributed by atoms with E-state index in [-0.39, 0.29) is 11.9 Å². The van der Waals surface area contributed by atoms with Gasteiger partial charge in [0, 0.05) is 24.0 Å². The van der Waals surface area contributed by atoms with Gasteiger partial charge in [-0.05, 0) is 35.0 Å². The maximum atomic E-state index is 11.8. The first-order chi connectivity index (χ1) is 7.09. The first-order valence-corrected chi connectivity index (χ1v) is 5.70. The Morgan fingerprint density at radius 3 is 3.00 bits per heavy atom. The summed E-state index contributed by atoms with van der Waals surface area (Å²) in [4.78, 5) is 13.5. The molecule has 2 rings (SSSR count). The Labute approximate surface area is 97.6 Å². The van der Waals surface area contributed by atoms with Crippen LogP contribution in [0.25, 0.3) is 0 Å². The fourth-order valence-electron chi connectivity index (χ4n) is 1.77. The number of amides is 1. The fourth-order valence-corrected chi connectivity index (χ4v) is 2.24. The molecule has 0 bridgehead atoms. The molecule has 1 atom stereocenters. The highest BCUT2D eigenvalue weighted by Gasteiger charge is 2.23. The third-order valence-electron chi connectivity index (χ3n) is 2.60. The van der Waals surface area contributed by atoms with Crippen LogP contribution >= 0.6 is 15.9 Å².